The molecule has 110 valence electrons. The van der Waals surface area contributed by atoms with E-state index in [-0.39, 0.29) is 0 Å². The van der Waals surface area contributed by atoms with Crippen LogP contribution in [0.3, 0.4) is 0 Å². The zero-order valence-electron chi connectivity index (χ0n) is 14.2. The number of rotatable bonds is 3. The van der Waals surface area contributed by atoms with Gasteiger partial charge in [-0.05, 0) is 37.1 Å². The lowest BCUT2D eigenvalue weighted by atomic mass is 10.3. The van der Waals surface area contributed by atoms with E-state index >= 15 is 0 Å². The van der Waals surface area contributed by atoms with Gasteiger partial charge in [-0.2, -0.15) is 0 Å². The fourth-order valence-corrected chi connectivity index (χ4v) is 1.19. The number of allylic oxidation sites excluding steroid dienone is 2. The summed E-state index contributed by atoms with van der Waals surface area (Å²) in [6, 6.07) is 2.10. The molecule has 0 saturated carbocycles. The maximum atomic E-state index is 3.76. The zero-order valence-corrected chi connectivity index (χ0v) is 14.2. The van der Waals surface area contributed by atoms with Gasteiger partial charge in [0, 0.05) is 18.1 Å². The minimum Gasteiger partial charge on any atom is -0.323 e. The van der Waals surface area contributed by atoms with Crippen LogP contribution in [0.1, 0.15) is 59.7 Å². The van der Waals surface area contributed by atoms with Gasteiger partial charge in [0.25, 0.3) is 0 Å². The summed E-state index contributed by atoms with van der Waals surface area (Å²) < 4.78 is 2.05. The van der Waals surface area contributed by atoms with E-state index < -0.39 is 0 Å². The first-order valence-corrected chi connectivity index (χ1v) is 7.29. The summed E-state index contributed by atoms with van der Waals surface area (Å²) in [5.74, 6) is 0. The Kier molecular flexibility index (Phi) is 19.7. The summed E-state index contributed by atoms with van der Waals surface area (Å²) in [5, 5.41) is 0. The highest BCUT2D eigenvalue weighted by Crippen LogP contribution is 2.11. The highest BCUT2D eigenvalue weighted by molar-refractivity contribution is 5.51. The monoisotopic (exact) mass is 263 g/mol. The van der Waals surface area contributed by atoms with Crippen molar-refractivity contribution in [2.24, 2.45) is 0 Å². The highest BCUT2D eigenvalue weighted by atomic mass is 14.9. The number of hydrogen-bond donors (Lipinski definition) is 0. The van der Waals surface area contributed by atoms with Gasteiger partial charge >= 0.3 is 0 Å². The SMILES string of the molecule is C=C/C(C)=C\n1cc(C)cc1C=C.CC.CC.CC. The van der Waals surface area contributed by atoms with Crippen molar-refractivity contribution in [3.8, 4) is 0 Å². The number of aryl methyl sites for hydroxylation is 1. The molecule has 1 nitrogen and oxygen atoms in total. The molecule has 0 aliphatic heterocycles. The van der Waals surface area contributed by atoms with Gasteiger partial charge in [0.2, 0.25) is 0 Å². The van der Waals surface area contributed by atoms with Crippen LogP contribution in [-0.4, -0.2) is 4.57 Å². The Labute approximate surface area is 121 Å². The fraction of sp³-hybridized carbons (Fsp3) is 0.444. The van der Waals surface area contributed by atoms with Crippen molar-refractivity contribution in [3.63, 3.8) is 0 Å². The largest absolute Gasteiger partial charge is 0.323 e. The summed E-state index contributed by atoms with van der Waals surface area (Å²) in [4.78, 5) is 0. The summed E-state index contributed by atoms with van der Waals surface area (Å²) in [6.07, 6.45) is 7.79. The summed E-state index contributed by atoms with van der Waals surface area (Å²) in [6.45, 7) is 23.6. The van der Waals surface area contributed by atoms with E-state index in [1.807, 2.05) is 66.8 Å². The van der Waals surface area contributed by atoms with Crippen molar-refractivity contribution in [1.29, 1.82) is 0 Å². The molecule has 1 heterocycles. The van der Waals surface area contributed by atoms with E-state index in [9.17, 15) is 0 Å². The first-order chi connectivity index (χ1) is 9.17. The molecule has 0 fully saturated rings. The Morgan fingerprint density at radius 2 is 1.53 bits per heavy atom. The Morgan fingerprint density at radius 1 is 1.05 bits per heavy atom. The van der Waals surface area contributed by atoms with Crippen molar-refractivity contribution >= 4 is 12.3 Å². The molecule has 19 heavy (non-hydrogen) atoms. The molecule has 1 aromatic rings. The zero-order chi connectivity index (χ0) is 15.8. The minimum absolute atomic E-state index is 1.11. The topological polar surface area (TPSA) is 4.93 Å². The van der Waals surface area contributed by atoms with Crippen molar-refractivity contribution in [2.45, 2.75) is 55.4 Å². The maximum absolute atomic E-state index is 3.76. The van der Waals surface area contributed by atoms with E-state index in [1.165, 1.54) is 5.56 Å². The van der Waals surface area contributed by atoms with Crippen LogP contribution >= 0.6 is 0 Å². The summed E-state index contributed by atoms with van der Waals surface area (Å²) >= 11 is 0. The summed E-state index contributed by atoms with van der Waals surface area (Å²) in [5.41, 5.74) is 3.49. The van der Waals surface area contributed by atoms with Crippen LogP contribution in [-0.2, 0) is 0 Å². The van der Waals surface area contributed by atoms with Gasteiger partial charge in [-0.25, -0.2) is 0 Å². The number of nitrogens with zero attached hydrogens (tertiary/aromatic N) is 1. The molecular weight excluding hydrogens is 230 g/mol. The smallest absolute Gasteiger partial charge is 0.0446 e. The van der Waals surface area contributed by atoms with Gasteiger partial charge < -0.3 is 4.57 Å². The lowest BCUT2D eigenvalue weighted by Gasteiger charge is -1.99. The lowest BCUT2D eigenvalue weighted by molar-refractivity contribution is 1.13. The first-order valence-electron chi connectivity index (χ1n) is 7.29. The second kappa shape index (κ2) is 16.5. The molecule has 0 saturated heterocycles. The van der Waals surface area contributed by atoms with Crippen LogP contribution < -0.4 is 0 Å². The normalized spacial score (nSPS) is 8.74. The Morgan fingerprint density at radius 3 is 1.89 bits per heavy atom. The molecule has 1 heteroatoms. The van der Waals surface area contributed by atoms with Crippen LogP contribution in [0.2, 0.25) is 0 Å². The molecule has 0 atom stereocenters. The third-order valence-electron chi connectivity index (χ3n) is 1.89. The van der Waals surface area contributed by atoms with Gasteiger partial charge in [-0.15, -0.1) is 0 Å². The standard InChI is InChI=1S/C12H15N.3C2H6/c1-5-10(3)8-13-9-11(4)7-12(13)6-2;3*1-2/h5-9H,1-2H2,3-4H3;3*1-2H3/b10-8-;;;. The third kappa shape index (κ3) is 10.1. The van der Waals surface area contributed by atoms with Gasteiger partial charge in [0.1, 0.15) is 0 Å². The Bertz CT molecular complexity index is 354. The average Bonchev–Trinajstić information content (AvgIpc) is 2.85. The van der Waals surface area contributed by atoms with Crippen LogP contribution in [0.4, 0.5) is 0 Å². The van der Waals surface area contributed by atoms with Crippen molar-refractivity contribution < 1.29 is 0 Å². The average molecular weight is 263 g/mol. The molecule has 0 aliphatic carbocycles. The van der Waals surface area contributed by atoms with E-state index in [0.29, 0.717) is 0 Å². The van der Waals surface area contributed by atoms with Crippen molar-refractivity contribution in [3.05, 3.63) is 48.3 Å². The molecule has 0 unspecified atom stereocenters. The number of hydrogen-bond acceptors (Lipinski definition) is 0. The minimum atomic E-state index is 1.11. The van der Waals surface area contributed by atoms with E-state index in [4.69, 9.17) is 0 Å². The predicted molar refractivity (Wildman–Crippen MR) is 93.4 cm³/mol. The van der Waals surface area contributed by atoms with Crippen LogP contribution in [0, 0.1) is 6.92 Å². The molecule has 1 aromatic heterocycles. The van der Waals surface area contributed by atoms with Crippen LogP contribution in [0.5, 0.6) is 0 Å². The Balaban J connectivity index is -0.000000375. The predicted octanol–water partition coefficient (Wildman–Crippen LogP) is 6.56. The first kappa shape index (κ1) is 22.7. The quantitative estimate of drug-likeness (QED) is 0.544. The second-order valence-electron chi connectivity index (χ2n) is 3.13. The van der Waals surface area contributed by atoms with E-state index in [2.05, 4.69) is 36.9 Å². The molecule has 0 N–H and O–H groups in total. The van der Waals surface area contributed by atoms with Gasteiger partial charge in [0.05, 0.1) is 0 Å². The van der Waals surface area contributed by atoms with Crippen molar-refractivity contribution in [1.82, 2.24) is 4.57 Å². The molecule has 0 spiro atoms. The maximum Gasteiger partial charge on any atom is 0.0446 e. The third-order valence-corrected chi connectivity index (χ3v) is 1.89. The molecule has 0 aliphatic rings. The molecule has 1 rings (SSSR count). The van der Waals surface area contributed by atoms with Gasteiger partial charge in [-0.3, -0.25) is 0 Å². The molecule has 0 aromatic carbocycles. The molecule has 0 bridgehead atoms. The molecule has 0 radical (unpaired) electrons. The highest BCUT2D eigenvalue weighted by Gasteiger charge is 1.96. The van der Waals surface area contributed by atoms with E-state index in [0.717, 1.165) is 11.3 Å². The van der Waals surface area contributed by atoms with Gasteiger partial charge in [-0.1, -0.05) is 60.8 Å². The van der Waals surface area contributed by atoms with E-state index in [1.54, 1.807) is 0 Å². The van der Waals surface area contributed by atoms with Crippen LogP contribution in [0.15, 0.2) is 37.1 Å². The number of aromatic nitrogens is 1. The molecular formula is C18H33N. The van der Waals surface area contributed by atoms with Crippen molar-refractivity contribution in [2.75, 3.05) is 0 Å². The Hall–Kier alpha value is -1.50. The van der Waals surface area contributed by atoms with Gasteiger partial charge in [0.15, 0.2) is 0 Å². The molecule has 0 amide bonds. The second-order valence-corrected chi connectivity index (χ2v) is 3.13. The van der Waals surface area contributed by atoms with Crippen LogP contribution in [0.25, 0.3) is 12.3 Å². The fourth-order valence-electron chi connectivity index (χ4n) is 1.19. The summed E-state index contributed by atoms with van der Waals surface area (Å²) in [7, 11) is 0. The lowest BCUT2D eigenvalue weighted by Crippen LogP contribution is -1.87.